The summed E-state index contributed by atoms with van der Waals surface area (Å²) in [6, 6.07) is 7.81. The number of hydrogen-bond acceptors (Lipinski definition) is 8. The number of rotatable bonds is 4. The van der Waals surface area contributed by atoms with E-state index in [9.17, 15) is 39.6 Å². The molecule has 9 heteroatoms. The molecule has 0 bridgehead atoms. The van der Waals surface area contributed by atoms with Crippen molar-refractivity contribution in [1.29, 1.82) is 0 Å². The van der Waals surface area contributed by atoms with Crippen molar-refractivity contribution in [1.82, 2.24) is 0 Å². The van der Waals surface area contributed by atoms with Crippen molar-refractivity contribution >= 4 is 46.6 Å². The second-order valence-electron chi connectivity index (χ2n) is 5.09. The Morgan fingerprint density at radius 3 is 1.15 bits per heavy atom. The summed E-state index contributed by atoms with van der Waals surface area (Å²) < 4.78 is 0. The van der Waals surface area contributed by atoms with Crippen LogP contribution in [0.4, 0.5) is 0 Å². The summed E-state index contributed by atoms with van der Waals surface area (Å²) in [6.45, 7) is 2.49. The summed E-state index contributed by atoms with van der Waals surface area (Å²) in [5.41, 5.74) is -0.760. The Kier molecular flexibility index (Phi) is 9.18. The number of aromatic hydroxyl groups is 2. The molecule has 0 aliphatic heterocycles. The summed E-state index contributed by atoms with van der Waals surface area (Å²) in [5, 5.41) is 39.4. The molecular weight excluding hydrogens is 368 g/mol. The standard InChI is InChI=1S/2C9H8O4.Mg/c2*1-5(10)6-3-2-4-7(8(6)11)9(12)13;/h2*2-4,11H,1H3,(H,12,13);/q;;+2/p-2. The van der Waals surface area contributed by atoms with Crippen molar-refractivity contribution in [2.75, 3.05) is 0 Å². The van der Waals surface area contributed by atoms with Gasteiger partial charge < -0.3 is 30.0 Å². The Labute approximate surface area is 170 Å². The van der Waals surface area contributed by atoms with Crippen molar-refractivity contribution < 1.29 is 39.6 Å². The van der Waals surface area contributed by atoms with Crippen LogP contribution in [0.3, 0.4) is 0 Å². The van der Waals surface area contributed by atoms with E-state index in [2.05, 4.69) is 0 Å². The molecule has 2 aromatic rings. The van der Waals surface area contributed by atoms with Crippen LogP contribution in [-0.2, 0) is 0 Å². The van der Waals surface area contributed by atoms with Gasteiger partial charge in [-0.3, -0.25) is 9.59 Å². The minimum Gasteiger partial charge on any atom is -0.545 e. The Balaban J connectivity index is 0.000000483. The first-order valence-corrected chi connectivity index (χ1v) is 7.16. The molecule has 136 valence electrons. The average molecular weight is 383 g/mol. The normalized spacial score (nSPS) is 9.26. The monoisotopic (exact) mass is 382 g/mol. The van der Waals surface area contributed by atoms with Crippen LogP contribution in [0, 0.1) is 0 Å². The topological polar surface area (TPSA) is 155 Å². The average Bonchev–Trinajstić information content (AvgIpc) is 2.54. The molecule has 0 amide bonds. The van der Waals surface area contributed by atoms with Gasteiger partial charge in [0.15, 0.2) is 11.6 Å². The minimum atomic E-state index is -1.50. The van der Waals surface area contributed by atoms with Crippen molar-refractivity contribution in [2.24, 2.45) is 0 Å². The summed E-state index contributed by atoms with van der Waals surface area (Å²) in [4.78, 5) is 42.6. The van der Waals surface area contributed by atoms with Gasteiger partial charge in [0.25, 0.3) is 0 Å². The van der Waals surface area contributed by atoms with Gasteiger partial charge in [0.2, 0.25) is 0 Å². The maximum absolute atomic E-state index is 10.9. The van der Waals surface area contributed by atoms with Gasteiger partial charge in [-0.25, -0.2) is 0 Å². The summed E-state index contributed by atoms with van der Waals surface area (Å²) >= 11 is 0. The smallest absolute Gasteiger partial charge is 0.545 e. The summed E-state index contributed by atoms with van der Waals surface area (Å²) in [7, 11) is 0. The molecule has 0 saturated carbocycles. The summed E-state index contributed by atoms with van der Waals surface area (Å²) in [6.07, 6.45) is 0. The maximum Gasteiger partial charge on any atom is 2.00 e. The molecule has 0 heterocycles. The van der Waals surface area contributed by atoms with Gasteiger partial charge >= 0.3 is 23.1 Å². The number of hydrogen-bond donors (Lipinski definition) is 2. The van der Waals surface area contributed by atoms with E-state index in [-0.39, 0.29) is 56.9 Å². The van der Waals surface area contributed by atoms with Crippen LogP contribution in [0.15, 0.2) is 36.4 Å². The fourth-order valence-corrected chi connectivity index (χ4v) is 1.98. The fraction of sp³-hybridized carbons (Fsp3) is 0.111. The number of phenols is 2. The third kappa shape index (κ3) is 6.08. The number of carbonyl (C=O) groups is 4. The van der Waals surface area contributed by atoms with Gasteiger partial charge in [-0.15, -0.1) is 0 Å². The van der Waals surface area contributed by atoms with E-state index in [4.69, 9.17) is 0 Å². The van der Waals surface area contributed by atoms with Crippen LogP contribution in [0.5, 0.6) is 11.5 Å². The van der Waals surface area contributed by atoms with Gasteiger partial charge in [-0.2, -0.15) is 0 Å². The van der Waals surface area contributed by atoms with E-state index in [1.54, 1.807) is 0 Å². The van der Waals surface area contributed by atoms with Crippen LogP contribution in [0.25, 0.3) is 0 Å². The zero-order chi connectivity index (χ0) is 20.0. The van der Waals surface area contributed by atoms with E-state index < -0.39 is 23.4 Å². The molecule has 0 aliphatic rings. The third-order valence-corrected chi connectivity index (χ3v) is 3.27. The molecule has 2 aromatic carbocycles. The molecule has 8 nitrogen and oxygen atoms in total. The number of ketones is 2. The van der Waals surface area contributed by atoms with E-state index in [1.165, 1.54) is 50.2 Å². The van der Waals surface area contributed by atoms with Gasteiger partial charge in [0, 0.05) is 11.1 Å². The first-order chi connectivity index (χ1) is 12.1. The second-order valence-corrected chi connectivity index (χ2v) is 5.09. The van der Waals surface area contributed by atoms with E-state index in [0.717, 1.165) is 0 Å². The zero-order valence-electron chi connectivity index (χ0n) is 14.5. The Morgan fingerprint density at radius 1 is 0.667 bits per heavy atom. The van der Waals surface area contributed by atoms with Gasteiger partial charge in [-0.05, 0) is 38.1 Å². The van der Waals surface area contributed by atoms with Crippen molar-refractivity contribution in [2.45, 2.75) is 13.8 Å². The van der Waals surface area contributed by atoms with Gasteiger partial charge in [0.05, 0.1) is 23.1 Å². The molecule has 0 atom stereocenters. The number of carboxylic acids is 2. The maximum atomic E-state index is 10.9. The molecule has 2 N–H and O–H groups in total. The van der Waals surface area contributed by atoms with E-state index in [0.29, 0.717) is 0 Å². The van der Waals surface area contributed by atoms with E-state index >= 15 is 0 Å². The molecule has 0 aliphatic carbocycles. The van der Waals surface area contributed by atoms with E-state index in [1.807, 2.05) is 0 Å². The third-order valence-electron chi connectivity index (χ3n) is 3.27. The number of Topliss-reactive ketones (excluding diaryl/α,β-unsaturated/α-hetero) is 2. The molecule has 0 saturated heterocycles. The van der Waals surface area contributed by atoms with Crippen molar-refractivity contribution in [3.8, 4) is 11.5 Å². The van der Waals surface area contributed by atoms with Crippen LogP contribution >= 0.6 is 0 Å². The van der Waals surface area contributed by atoms with Crippen molar-refractivity contribution in [3.05, 3.63) is 58.7 Å². The molecule has 0 aromatic heterocycles. The number of carbonyl (C=O) groups excluding carboxylic acids is 4. The quantitative estimate of drug-likeness (QED) is 0.531. The number of para-hydroxylation sites is 2. The SMILES string of the molecule is CC(=O)c1cccc(C(=O)[O-])c1O.CC(=O)c1cccc(C(=O)[O-])c1O.[Mg+2]. The first-order valence-electron chi connectivity index (χ1n) is 7.16. The Bertz CT molecular complexity index is 751. The summed E-state index contributed by atoms with van der Waals surface area (Å²) in [5.74, 6) is -4.84. The number of carboxylic acid groups (broad SMARTS) is 2. The van der Waals surface area contributed by atoms with Crippen LogP contribution in [0.1, 0.15) is 55.3 Å². The Hall–Kier alpha value is -2.91. The van der Waals surface area contributed by atoms with Gasteiger partial charge in [0.1, 0.15) is 11.5 Å². The molecular formula is C18H14MgO8. The predicted molar refractivity (Wildman–Crippen MR) is 90.6 cm³/mol. The van der Waals surface area contributed by atoms with Crippen LogP contribution < -0.4 is 10.2 Å². The molecule has 0 spiro atoms. The second kappa shape index (κ2) is 10.3. The molecule has 2 rings (SSSR count). The zero-order valence-corrected chi connectivity index (χ0v) is 15.9. The van der Waals surface area contributed by atoms with Crippen LogP contribution in [0.2, 0.25) is 0 Å². The fourth-order valence-electron chi connectivity index (χ4n) is 1.98. The molecule has 0 fully saturated rings. The van der Waals surface area contributed by atoms with Gasteiger partial charge in [-0.1, -0.05) is 12.1 Å². The predicted octanol–water partition coefficient (Wildman–Crippen LogP) is -0.464. The number of aromatic carboxylic acids is 2. The van der Waals surface area contributed by atoms with Crippen molar-refractivity contribution in [3.63, 3.8) is 0 Å². The molecule has 27 heavy (non-hydrogen) atoms. The largest absolute Gasteiger partial charge is 2.00 e. The minimum absolute atomic E-state index is 0. The molecule has 0 unspecified atom stereocenters. The Morgan fingerprint density at radius 2 is 0.926 bits per heavy atom. The molecule has 0 radical (unpaired) electrons. The number of benzene rings is 2. The van der Waals surface area contributed by atoms with Crippen LogP contribution in [-0.4, -0.2) is 56.8 Å². The first kappa shape index (κ1) is 24.1.